The van der Waals surface area contributed by atoms with Gasteiger partial charge in [-0.2, -0.15) is 4.31 Å². The minimum absolute atomic E-state index is 0.139. The molecule has 1 atom stereocenters. The van der Waals surface area contributed by atoms with Crippen LogP contribution >= 0.6 is 11.3 Å². The summed E-state index contributed by atoms with van der Waals surface area (Å²) in [4.78, 5) is 28.8. The topological polar surface area (TPSA) is 108 Å². The highest BCUT2D eigenvalue weighted by atomic mass is 32.2. The molecule has 168 valence electrons. The molecule has 10 heteroatoms. The number of anilines is 2. The van der Waals surface area contributed by atoms with Gasteiger partial charge in [-0.05, 0) is 50.1 Å². The van der Waals surface area contributed by atoms with Gasteiger partial charge in [-0.3, -0.25) is 9.59 Å². The predicted octanol–water partition coefficient (Wildman–Crippen LogP) is 3.60. The second-order valence-electron chi connectivity index (χ2n) is 7.89. The first-order valence-electron chi connectivity index (χ1n) is 10.3. The van der Waals surface area contributed by atoms with Crippen LogP contribution in [-0.4, -0.2) is 42.6 Å². The van der Waals surface area contributed by atoms with Crippen molar-refractivity contribution in [3.8, 4) is 0 Å². The first-order chi connectivity index (χ1) is 15.2. The number of nitrogens with zero attached hydrogens (tertiary/aromatic N) is 2. The molecule has 2 heterocycles. The molecule has 1 unspecified atom stereocenters. The van der Waals surface area contributed by atoms with E-state index in [0.29, 0.717) is 35.7 Å². The minimum Gasteiger partial charge on any atom is -0.326 e. The molecular formula is C22H24N4O4S2. The summed E-state index contributed by atoms with van der Waals surface area (Å²) >= 11 is 1.31. The Morgan fingerprint density at radius 1 is 1.12 bits per heavy atom. The van der Waals surface area contributed by atoms with Gasteiger partial charge in [0.05, 0.1) is 21.0 Å². The number of aryl methyl sites for hydroxylation is 1. The van der Waals surface area contributed by atoms with Crippen LogP contribution in [0.3, 0.4) is 0 Å². The van der Waals surface area contributed by atoms with Crippen molar-refractivity contribution >= 4 is 54.2 Å². The molecule has 0 radical (unpaired) electrons. The number of rotatable bonds is 5. The highest BCUT2D eigenvalue weighted by Gasteiger charge is 2.33. The van der Waals surface area contributed by atoms with Crippen molar-refractivity contribution < 1.29 is 18.0 Å². The highest BCUT2D eigenvalue weighted by Crippen LogP contribution is 2.30. The number of carbonyl (C=O) groups is 2. The number of benzene rings is 2. The van der Waals surface area contributed by atoms with Gasteiger partial charge in [0, 0.05) is 25.7 Å². The van der Waals surface area contributed by atoms with Crippen LogP contribution in [0.4, 0.5) is 10.8 Å². The predicted molar refractivity (Wildman–Crippen MR) is 125 cm³/mol. The molecule has 3 aromatic rings. The highest BCUT2D eigenvalue weighted by molar-refractivity contribution is 7.89. The molecule has 0 bridgehead atoms. The zero-order valence-electron chi connectivity index (χ0n) is 17.8. The number of carbonyl (C=O) groups excluding carboxylic acids is 2. The van der Waals surface area contributed by atoms with Gasteiger partial charge in [-0.15, -0.1) is 0 Å². The lowest BCUT2D eigenvalue weighted by Gasteiger charge is -2.31. The molecule has 8 nitrogen and oxygen atoms in total. The molecule has 0 saturated carbocycles. The van der Waals surface area contributed by atoms with Gasteiger partial charge in [0.1, 0.15) is 0 Å². The van der Waals surface area contributed by atoms with Gasteiger partial charge in [0.25, 0.3) is 0 Å². The summed E-state index contributed by atoms with van der Waals surface area (Å²) in [5.41, 5.74) is 2.36. The van der Waals surface area contributed by atoms with Crippen molar-refractivity contribution in [1.82, 2.24) is 9.29 Å². The van der Waals surface area contributed by atoms with E-state index < -0.39 is 15.9 Å². The standard InChI is InChI=1S/C22H24N4O4S2/c1-14-5-8-18(9-6-14)32(29,30)26-11-3-4-16(13-26)21(28)25-22-24-19-10-7-17(23-15(2)27)12-20(19)31-22/h5-10,12,16H,3-4,11,13H2,1-2H3,(H,23,27)(H,24,25,28). The van der Waals surface area contributed by atoms with Crippen LogP contribution in [0.15, 0.2) is 47.4 Å². The quantitative estimate of drug-likeness (QED) is 0.590. The smallest absolute Gasteiger partial charge is 0.243 e. The number of fused-ring (bicyclic) bond motifs is 1. The summed E-state index contributed by atoms with van der Waals surface area (Å²) < 4.78 is 28.2. The van der Waals surface area contributed by atoms with Crippen LogP contribution in [0, 0.1) is 12.8 Å². The summed E-state index contributed by atoms with van der Waals surface area (Å²) in [6.07, 6.45) is 1.23. The first-order valence-corrected chi connectivity index (χ1v) is 12.5. The summed E-state index contributed by atoms with van der Waals surface area (Å²) in [6, 6.07) is 12.1. The second kappa shape index (κ2) is 8.97. The lowest BCUT2D eigenvalue weighted by Crippen LogP contribution is -2.43. The van der Waals surface area contributed by atoms with Gasteiger partial charge < -0.3 is 10.6 Å². The van der Waals surface area contributed by atoms with E-state index >= 15 is 0 Å². The summed E-state index contributed by atoms with van der Waals surface area (Å²) in [6.45, 7) is 3.88. The summed E-state index contributed by atoms with van der Waals surface area (Å²) in [5, 5.41) is 6.01. The van der Waals surface area contributed by atoms with Gasteiger partial charge in [0.2, 0.25) is 21.8 Å². The van der Waals surface area contributed by atoms with E-state index in [1.807, 2.05) is 6.92 Å². The molecule has 1 fully saturated rings. The van der Waals surface area contributed by atoms with Gasteiger partial charge in [0.15, 0.2) is 5.13 Å². The number of nitrogens with one attached hydrogen (secondary N) is 2. The van der Waals surface area contributed by atoms with E-state index in [4.69, 9.17) is 0 Å². The maximum absolute atomic E-state index is 13.0. The third kappa shape index (κ3) is 4.82. The molecule has 2 N–H and O–H groups in total. The first kappa shape index (κ1) is 22.4. The Morgan fingerprint density at radius 2 is 1.88 bits per heavy atom. The van der Waals surface area contributed by atoms with Crippen molar-refractivity contribution in [2.75, 3.05) is 23.7 Å². The average Bonchev–Trinajstić information content (AvgIpc) is 3.15. The van der Waals surface area contributed by atoms with Crippen LogP contribution in [-0.2, 0) is 19.6 Å². The molecule has 4 rings (SSSR count). The van der Waals surface area contributed by atoms with Crippen molar-refractivity contribution in [3.63, 3.8) is 0 Å². The van der Waals surface area contributed by atoms with Crippen molar-refractivity contribution in [2.24, 2.45) is 5.92 Å². The average molecular weight is 473 g/mol. The second-order valence-corrected chi connectivity index (χ2v) is 10.9. The van der Waals surface area contributed by atoms with Crippen LogP contribution in [0.25, 0.3) is 10.2 Å². The number of aromatic nitrogens is 1. The Morgan fingerprint density at radius 3 is 2.59 bits per heavy atom. The third-order valence-corrected chi connectivity index (χ3v) is 8.17. The molecule has 0 aliphatic carbocycles. The van der Waals surface area contributed by atoms with Crippen molar-refractivity contribution in [1.29, 1.82) is 0 Å². The van der Waals surface area contributed by atoms with E-state index in [9.17, 15) is 18.0 Å². The van der Waals surface area contributed by atoms with Gasteiger partial charge in [-0.1, -0.05) is 29.0 Å². The molecular weight excluding hydrogens is 448 g/mol. The number of sulfonamides is 1. The summed E-state index contributed by atoms with van der Waals surface area (Å²) in [5.74, 6) is -0.856. The number of hydrogen-bond donors (Lipinski definition) is 2. The Hall–Kier alpha value is -2.82. The van der Waals surface area contributed by atoms with Gasteiger partial charge in [-0.25, -0.2) is 13.4 Å². The molecule has 1 aliphatic heterocycles. The SMILES string of the molecule is CC(=O)Nc1ccc2nc(NC(=O)C3CCCN(S(=O)(=O)c4ccc(C)cc4)C3)sc2c1. The number of thiazole rings is 1. The molecule has 0 spiro atoms. The summed E-state index contributed by atoms with van der Waals surface area (Å²) in [7, 11) is -3.65. The van der Waals surface area contributed by atoms with Crippen molar-refractivity contribution in [3.05, 3.63) is 48.0 Å². The Balaban J connectivity index is 1.46. The van der Waals surface area contributed by atoms with E-state index in [0.717, 1.165) is 10.3 Å². The maximum Gasteiger partial charge on any atom is 0.243 e. The maximum atomic E-state index is 13.0. The molecule has 2 aromatic carbocycles. The van der Waals surface area contributed by atoms with Crippen LogP contribution in [0.1, 0.15) is 25.3 Å². The molecule has 1 aromatic heterocycles. The van der Waals surface area contributed by atoms with Crippen LogP contribution < -0.4 is 10.6 Å². The fraction of sp³-hybridized carbons (Fsp3) is 0.318. The zero-order chi connectivity index (χ0) is 22.9. The fourth-order valence-electron chi connectivity index (χ4n) is 3.70. The number of hydrogen-bond acceptors (Lipinski definition) is 6. The number of piperidine rings is 1. The lowest BCUT2D eigenvalue weighted by atomic mass is 9.99. The molecule has 1 aliphatic rings. The van der Waals surface area contributed by atoms with Gasteiger partial charge >= 0.3 is 0 Å². The Kier molecular flexibility index (Phi) is 6.27. The molecule has 2 amide bonds. The molecule has 1 saturated heterocycles. The minimum atomic E-state index is -3.65. The Labute approximate surface area is 190 Å². The van der Waals surface area contributed by atoms with E-state index in [1.54, 1.807) is 42.5 Å². The van der Waals surface area contributed by atoms with E-state index in [-0.39, 0.29) is 23.3 Å². The van der Waals surface area contributed by atoms with Crippen LogP contribution in [0.2, 0.25) is 0 Å². The Bertz CT molecular complexity index is 1270. The molecule has 32 heavy (non-hydrogen) atoms. The number of amides is 2. The van der Waals surface area contributed by atoms with Crippen molar-refractivity contribution in [2.45, 2.75) is 31.6 Å². The largest absolute Gasteiger partial charge is 0.326 e. The normalized spacial score (nSPS) is 17.2. The lowest BCUT2D eigenvalue weighted by molar-refractivity contribution is -0.121. The van der Waals surface area contributed by atoms with Crippen LogP contribution in [0.5, 0.6) is 0 Å². The fourth-order valence-corrected chi connectivity index (χ4v) is 6.13. The third-order valence-electron chi connectivity index (χ3n) is 5.35. The van der Waals surface area contributed by atoms with E-state index in [2.05, 4.69) is 15.6 Å². The zero-order valence-corrected chi connectivity index (χ0v) is 19.4. The monoisotopic (exact) mass is 472 g/mol. The van der Waals surface area contributed by atoms with E-state index in [1.165, 1.54) is 22.6 Å².